The third-order valence-electron chi connectivity index (χ3n) is 5.05. The van der Waals surface area contributed by atoms with Crippen molar-refractivity contribution in [3.05, 3.63) is 59.1 Å². The van der Waals surface area contributed by atoms with Crippen LogP contribution in [-0.2, 0) is 0 Å². The van der Waals surface area contributed by atoms with E-state index >= 15 is 0 Å². The molecule has 2 aromatic rings. The molecule has 1 saturated heterocycles. The number of nitrogens with one attached hydrogen (secondary N) is 1. The van der Waals surface area contributed by atoms with E-state index in [1.807, 2.05) is 36.4 Å². The van der Waals surface area contributed by atoms with Gasteiger partial charge in [-0.05, 0) is 56.3 Å². The van der Waals surface area contributed by atoms with E-state index in [4.69, 9.17) is 22.4 Å². The zero-order chi connectivity index (χ0) is 17.9. The Balaban J connectivity index is 1.57. The lowest BCUT2D eigenvalue weighted by Gasteiger charge is -2.32. The second kappa shape index (κ2) is 7.66. The molecular formula is C20H24ClN5. The number of fused-ring (bicyclic) bond motifs is 1. The zero-order valence-corrected chi connectivity index (χ0v) is 15.5. The van der Waals surface area contributed by atoms with Crippen molar-refractivity contribution in [1.29, 1.82) is 0 Å². The lowest BCUT2D eigenvalue weighted by molar-refractivity contribution is 0.349. The van der Waals surface area contributed by atoms with Crippen LogP contribution in [0.5, 0.6) is 0 Å². The van der Waals surface area contributed by atoms with Gasteiger partial charge in [0.1, 0.15) is 12.0 Å². The molecule has 6 heteroatoms. The fraction of sp³-hybridized carbons (Fsp3) is 0.350. The van der Waals surface area contributed by atoms with Gasteiger partial charge in [0.25, 0.3) is 0 Å². The Morgan fingerprint density at radius 2 is 1.81 bits per heavy atom. The zero-order valence-electron chi connectivity index (χ0n) is 14.7. The first-order valence-electron chi connectivity index (χ1n) is 9.15. The number of halogens is 1. The minimum absolute atomic E-state index is 0.152. The van der Waals surface area contributed by atoms with Crippen LogP contribution in [0.3, 0.4) is 0 Å². The van der Waals surface area contributed by atoms with Crippen molar-refractivity contribution in [3.8, 4) is 0 Å². The Hall–Kier alpha value is -2.08. The van der Waals surface area contributed by atoms with Gasteiger partial charge in [0.15, 0.2) is 0 Å². The summed E-state index contributed by atoms with van der Waals surface area (Å²) in [5.41, 5.74) is 3.07. The molecule has 2 heterocycles. The largest absolute Gasteiger partial charge is 0.360 e. The SMILES string of the molecule is NN1C(CCN2CCCC2)=NC(Nc2ccc(Cl)cc2)c2ccccc21. The first-order valence-corrected chi connectivity index (χ1v) is 9.53. The third-order valence-corrected chi connectivity index (χ3v) is 5.30. The van der Waals surface area contributed by atoms with E-state index in [0.29, 0.717) is 0 Å². The smallest absolute Gasteiger partial charge is 0.148 e. The standard InChI is InChI=1S/C20H24ClN5/c21-15-7-9-16(10-8-15)23-20-17-5-1-2-6-18(17)26(22)19(24-20)11-14-25-12-3-4-13-25/h1-2,5-10,20,23H,3-4,11-14,22H2. The molecule has 2 aromatic carbocycles. The maximum atomic E-state index is 6.39. The number of nitrogens with zero attached hydrogens (tertiary/aromatic N) is 3. The summed E-state index contributed by atoms with van der Waals surface area (Å²) in [6.45, 7) is 3.37. The van der Waals surface area contributed by atoms with Crippen LogP contribution in [0.2, 0.25) is 5.02 Å². The minimum Gasteiger partial charge on any atom is -0.360 e. The van der Waals surface area contributed by atoms with Crippen LogP contribution in [0.4, 0.5) is 11.4 Å². The van der Waals surface area contributed by atoms with Crippen LogP contribution in [0.15, 0.2) is 53.5 Å². The predicted molar refractivity (Wildman–Crippen MR) is 109 cm³/mol. The molecule has 2 aliphatic rings. The molecule has 4 rings (SSSR count). The van der Waals surface area contributed by atoms with Gasteiger partial charge in [-0.15, -0.1) is 0 Å². The Bertz CT molecular complexity index is 783. The molecule has 0 amide bonds. The summed E-state index contributed by atoms with van der Waals surface area (Å²) < 4.78 is 0. The molecule has 2 aliphatic heterocycles. The van der Waals surface area contributed by atoms with Crippen LogP contribution in [0.25, 0.3) is 0 Å². The second-order valence-electron chi connectivity index (χ2n) is 6.83. The van der Waals surface area contributed by atoms with E-state index in [9.17, 15) is 0 Å². The van der Waals surface area contributed by atoms with Gasteiger partial charge in [-0.3, -0.25) is 5.01 Å². The Morgan fingerprint density at radius 1 is 1.08 bits per heavy atom. The molecule has 0 saturated carbocycles. The van der Waals surface area contributed by atoms with Gasteiger partial charge in [-0.1, -0.05) is 29.8 Å². The molecule has 1 fully saturated rings. The van der Waals surface area contributed by atoms with Crippen molar-refractivity contribution in [1.82, 2.24) is 4.90 Å². The van der Waals surface area contributed by atoms with Crippen LogP contribution < -0.4 is 16.2 Å². The van der Waals surface area contributed by atoms with E-state index in [-0.39, 0.29) is 6.17 Å². The van der Waals surface area contributed by atoms with Crippen molar-refractivity contribution in [2.75, 3.05) is 30.0 Å². The fourth-order valence-corrected chi connectivity index (χ4v) is 3.75. The molecule has 1 unspecified atom stereocenters. The summed E-state index contributed by atoms with van der Waals surface area (Å²) in [4.78, 5) is 7.41. The maximum Gasteiger partial charge on any atom is 0.148 e. The highest BCUT2D eigenvalue weighted by molar-refractivity contribution is 6.30. The minimum atomic E-state index is -0.152. The van der Waals surface area contributed by atoms with Gasteiger partial charge in [0.05, 0.1) is 5.69 Å². The van der Waals surface area contributed by atoms with Crippen LogP contribution in [0.1, 0.15) is 31.0 Å². The lowest BCUT2D eigenvalue weighted by Crippen LogP contribution is -2.43. The normalized spacial score (nSPS) is 20.0. The van der Waals surface area contributed by atoms with Crippen LogP contribution in [-0.4, -0.2) is 30.4 Å². The van der Waals surface area contributed by atoms with E-state index in [1.54, 1.807) is 5.01 Å². The highest BCUT2D eigenvalue weighted by atomic mass is 35.5. The predicted octanol–water partition coefficient (Wildman–Crippen LogP) is 4.03. The van der Waals surface area contributed by atoms with Crippen LogP contribution in [0, 0.1) is 0 Å². The number of amidine groups is 1. The molecule has 3 N–H and O–H groups in total. The number of hydrogen-bond donors (Lipinski definition) is 2. The summed E-state index contributed by atoms with van der Waals surface area (Å²) in [7, 11) is 0. The fourth-order valence-electron chi connectivity index (χ4n) is 3.62. The summed E-state index contributed by atoms with van der Waals surface area (Å²) in [5, 5.41) is 5.97. The van der Waals surface area contributed by atoms with Gasteiger partial charge in [0, 0.05) is 29.2 Å². The molecule has 0 radical (unpaired) electrons. The summed E-state index contributed by atoms with van der Waals surface area (Å²) >= 11 is 6.00. The van der Waals surface area contributed by atoms with Crippen molar-refractivity contribution in [2.24, 2.45) is 10.8 Å². The number of nitrogens with two attached hydrogens (primary N) is 1. The van der Waals surface area contributed by atoms with E-state index in [0.717, 1.165) is 40.8 Å². The molecule has 0 aliphatic carbocycles. The molecule has 0 aromatic heterocycles. The number of hydrogen-bond acceptors (Lipinski definition) is 5. The first kappa shape index (κ1) is 17.3. The topological polar surface area (TPSA) is 56.9 Å². The monoisotopic (exact) mass is 369 g/mol. The maximum absolute atomic E-state index is 6.39. The summed E-state index contributed by atoms with van der Waals surface area (Å²) in [6.07, 6.45) is 3.29. The van der Waals surface area contributed by atoms with Gasteiger partial charge >= 0.3 is 0 Å². The van der Waals surface area contributed by atoms with E-state index in [2.05, 4.69) is 22.3 Å². The van der Waals surface area contributed by atoms with Crippen molar-refractivity contribution >= 4 is 28.8 Å². The average molecular weight is 370 g/mol. The Labute approximate surface area is 159 Å². The molecule has 136 valence electrons. The highest BCUT2D eigenvalue weighted by Gasteiger charge is 2.26. The Kier molecular flexibility index (Phi) is 5.11. The van der Waals surface area contributed by atoms with E-state index in [1.165, 1.54) is 25.9 Å². The average Bonchev–Trinajstić information content (AvgIpc) is 3.18. The molecule has 0 spiro atoms. The first-order chi connectivity index (χ1) is 12.7. The number of hydrazine groups is 1. The van der Waals surface area contributed by atoms with E-state index < -0.39 is 0 Å². The molecular weight excluding hydrogens is 346 g/mol. The molecule has 1 atom stereocenters. The molecule has 26 heavy (non-hydrogen) atoms. The Morgan fingerprint density at radius 3 is 2.58 bits per heavy atom. The van der Waals surface area contributed by atoms with Crippen molar-refractivity contribution < 1.29 is 0 Å². The summed E-state index contributed by atoms with van der Waals surface area (Å²) in [5.74, 6) is 7.31. The van der Waals surface area contributed by atoms with Gasteiger partial charge in [0.2, 0.25) is 0 Å². The van der Waals surface area contributed by atoms with Gasteiger partial charge < -0.3 is 10.2 Å². The molecule has 0 bridgehead atoms. The lowest BCUT2D eigenvalue weighted by atomic mass is 10.1. The van der Waals surface area contributed by atoms with Gasteiger partial charge in [-0.25, -0.2) is 10.8 Å². The van der Waals surface area contributed by atoms with Crippen molar-refractivity contribution in [3.63, 3.8) is 0 Å². The number of anilines is 2. The number of aliphatic imine (C=N–C) groups is 1. The van der Waals surface area contributed by atoms with Crippen LogP contribution >= 0.6 is 11.6 Å². The quantitative estimate of drug-likeness (QED) is 0.781. The van der Waals surface area contributed by atoms with Crippen molar-refractivity contribution in [2.45, 2.75) is 25.4 Å². The molecule has 5 nitrogen and oxygen atoms in total. The number of para-hydroxylation sites is 1. The second-order valence-corrected chi connectivity index (χ2v) is 7.26. The number of benzene rings is 2. The van der Waals surface area contributed by atoms with Gasteiger partial charge in [-0.2, -0.15) is 0 Å². The number of rotatable bonds is 5. The highest BCUT2D eigenvalue weighted by Crippen LogP contribution is 2.33. The third kappa shape index (κ3) is 3.70. The summed E-state index contributed by atoms with van der Waals surface area (Å²) in [6, 6.07) is 15.9. The number of likely N-dealkylation sites (tertiary alicyclic amines) is 1.